The van der Waals surface area contributed by atoms with Crippen LogP contribution in [0.5, 0.6) is 0 Å². The largest absolute Gasteiger partial charge is 0.297 e. The Morgan fingerprint density at radius 3 is 2.15 bits per heavy atom. The first-order valence-corrected chi connectivity index (χ1v) is 6.94. The van der Waals surface area contributed by atoms with Crippen molar-refractivity contribution >= 4 is 11.5 Å². The third-order valence-electron chi connectivity index (χ3n) is 3.13. The van der Waals surface area contributed by atoms with E-state index in [4.69, 9.17) is 0 Å². The second-order valence-electron chi connectivity index (χ2n) is 4.68. The third kappa shape index (κ3) is 4.16. The lowest BCUT2D eigenvalue weighted by Crippen LogP contribution is -2.09. The zero-order valence-corrected chi connectivity index (χ0v) is 11.8. The monoisotopic (exact) mass is 265 g/mol. The maximum absolute atomic E-state index is 12.0. The topological polar surface area (TPSA) is 29.4 Å². The fourth-order valence-electron chi connectivity index (χ4n) is 2.10. The van der Waals surface area contributed by atoms with E-state index in [9.17, 15) is 4.79 Å². The summed E-state index contributed by atoms with van der Waals surface area (Å²) in [6.45, 7) is 2.32. The van der Waals surface area contributed by atoms with Crippen molar-refractivity contribution in [1.29, 1.82) is 0 Å². The fourth-order valence-corrected chi connectivity index (χ4v) is 2.10. The van der Waals surface area contributed by atoms with Crippen LogP contribution in [-0.4, -0.2) is 18.0 Å². The molecule has 0 heterocycles. The minimum Gasteiger partial charge on any atom is -0.297 e. The molecule has 0 aliphatic rings. The average molecular weight is 265 g/mol. The number of rotatable bonds is 6. The molecule has 0 atom stereocenters. The summed E-state index contributed by atoms with van der Waals surface area (Å²) in [5.74, 6) is 0.151. The Morgan fingerprint density at radius 2 is 1.55 bits per heavy atom. The van der Waals surface area contributed by atoms with Crippen LogP contribution < -0.4 is 0 Å². The van der Waals surface area contributed by atoms with E-state index in [2.05, 4.69) is 11.9 Å². The molecule has 0 N–H and O–H groups in total. The highest BCUT2D eigenvalue weighted by Crippen LogP contribution is 2.05. The molecule has 0 fully saturated rings. The van der Waals surface area contributed by atoms with E-state index in [-0.39, 0.29) is 12.3 Å². The van der Waals surface area contributed by atoms with Crippen molar-refractivity contribution in [3.63, 3.8) is 0 Å². The van der Waals surface area contributed by atoms with E-state index >= 15 is 0 Å². The molecule has 2 rings (SSSR count). The Labute approximate surface area is 120 Å². The Balaban J connectivity index is 1.99. The van der Waals surface area contributed by atoms with Gasteiger partial charge in [0, 0.05) is 12.1 Å². The highest BCUT2D eigenvalue weighted by Gasteiger charge is 2.04. The molecule has 0 aromatic heterocycles. The van der Waals surface area contributed by atoms with Crippen molar-refractivity contribution in [3.05, 3.63) is 71.8 Å². The van der Waals surface area contributed by atoms with Crippen LogP contribution in [0.15, 0.2) is 65.7 Å². The number of ketones is 1. The second kappa shape index (κ2) is 7.39. The number of carbonyl (C=O) groups excluding carboxylic acids is 1. The molecule has 0 aliphatic carbocycles. The van der Waals surface area contributed by atoms with Crippen LogP contribution in [0, 0.1) is 0 Å². The second-order valence-corrected chi connectivity index (χ2v) is 4.68. The molecule has 0 aliphatic heterocycles. The number of nitrogens with zero attached hydrogens (tertiary/aromatic N) is 1. The van der Waals surface area contributed by atoms with E-state index in [0.717, 1.165) is 23.3 Å². The molecule has 0 saturated carbocycles. The Hall–Kier alpha value is -2.22. The number of Topliss-reactive ketones (excluding diaryl/α,β-unsaturated/α-hetero) is 1. The van der Waals surface area contributed by atoms with E-state index in [0.29, 0.717) is 6.42 Å². The molecule has 2 nitrogen and oxygen atoms in total. The summed E-state index contributed by atoms with van der Waals surface area (Å²) >= 11 is 0. The van der Waals surface area contributed by atoms with E-state index in [1.165, 1.54) is 0 Å². The van der Waals surface area contributed by atoms with Crippen molar-refractivity contribution in [2.45, 2.75) is 19.8 Å². The Kier molecular flexibility index (Phi) is 5.24. The lowest BCUT2D eigenvalue weighted by atomic mass is 10.1. The number of hydrogen-bond acceptors (Lipinski definition) is 2. The van der Waals surface area contributed by atoms with Gasteiger partial charge in [0.25, 0.3) is 0 Å². The molecular weight excluding hydrogens is 246 g/mol. The van der Waals surface area contributed by atoms with Gasteiger partial charge in [0.15, 0.2) is 5.78 Å². The van der Waals surface area contributed by atoms with Crippen LogP contribution in [0.25, 0.3) is 0 Å². The predicted octanol–water partition coefficient (Wildman–Crippen LogP) is 3.70. The van der Waals surface area contributed by atoms with Gasteiger partial charge in [-0.15, -0.1) is 0 Å². The summed E-state index contributed by atoms with van der Waals surface area (Å²) in [7, 11) is 0. The van der Waals surface area contributed by atoms with Gasteiger partial charge in [-0.2, -0.15) is 0 Å². The summed E-state index contributed by atoms with van der Waals surface area (Å²) in [5, 5.41) is 0. The van der Waals surface area contributed by atoms with Crippen LogP contribution in [0.3, 0.4) is 0 Å². The number of benzene rings is 2. The zero-order chi connectivity index (χ0) is 14.2. The van der Waals surface area contributed by atoms with Crippen molar-refractivity contribution in [2.24, 2.45) is 4.99 Å². The highest BCUT2D eigenvalue weighted by atomic mass is 16.1. The summed E-state index contributed by atoms with van der Waals surface area (Å²) in [5.41, 5.74) is 3.14. The first-order valence-electron chi connectivity index (χ1n) is 6.94. The van der Waals surface area contributed by atoms with Gasteiger partial charge in [0.05, 0.1) is 6.54 Å². The fraction of sp³-hybridized carbons (Fsp3) is 0.222. The normalized spacial score (nSPS) is 11.3. The summed E-state index contributed by atoms with van der Waals surface area (Å²) < 4.78 is 0. The maximum atomic E-state index is 12.0. The first-order chi connectivity index (χ1) is 9.79. The van der Waals surface area contributed by atoms with Gasteiger partial charge in [-0.3, -0.25) is 9.79 Å². The molecular formula is C18H19NO. The lowest BCUT2D eigenvalue weighted by Gasteiger charge is -2.04. The van der Waals surface area contributed by atoms with Gasteiger partial charge in [-0.25, -0.2) is 0 Å². The van der Waals surface area contributed by atoms with E-state index < -0.39 is 0 Å². The SMILES string of the molecule is CCC(=NCC(=O)Cc1ccccc1)c1ccccc1. The standard InChI is InChI=1S/C18H19NO/c1-2-18(16-11-7-4-8-12-16)19-14-17(20)13-15-9-5-3-6-10-15/h3-12H,2,13-14H2,1H3. The quantitative estimate of drug-likeness (QED) is 0.732. The van der Waals surface area contributed by atoms with Crippen molar-refractivity contribution in [3.8, 4) is 0 Å². The molecule has 102 valence electrons. The molecule has 2 heteroatoms. The molecule has 2 aromatic rings. The summed E-state index contributed by atoms with van der Waals surface area (Å²) in [6, 6.07) is 19.8. The zero-order valence-electron chi connectivity index (χ0n) is 11.8. The Morgan fingerprint density at radius 1 is 0.950 bits per heavy atom. The van der Waals surface area contributed by atoms with Crippen molar-refractivity contribution < 1.29 is 4.79 Å². The van der Waals surface area contributed by atoms with Gasteiger partial charge in [0.2, 0.25) is 0 Å². The van der Waals surface area contributed by atoms with Gasteiger partial charge in [-0.1, -0.05) is 67.6 Å². The number of aliphatic imine (C=N–C) groups is 1. The molecule has 0 bridgehead atoms. The van der Waals surface area contributed by atoms with Gasteiger partial charge < -0.3 is 0 Å². The lowest BCUT2D eigenvalue weighted by molar-refractivity contribution is -0.117. The van der Waals surface area contributed by atoms with Crippen LogP contribution in [0.4, 0.5) is 0 Å². The Bertz CT molecular complexity index is 573. The van der Waals surface area contributed by atoms with Gasteiger partial charge in [0.1, 0.15) is 0 Å². The first kappa shape index (κ1) is 14.2. The maximum Gasteiger partial charge on any atom is 0.158 e. The molecule has 2 aromatic carbocycles. The van der Waals surface area contributed by atoms with Crippen molar-refractivity contribution in [2.75, 3.05) is 6.54 Å². The summed E-state index contributed by atoms with van der Waals surface area (Å²) in [4.78, 5) is 16.4. The molecule has 0 amide bonds. The average Bonchev–Trinajstić information content (AvgIpc) is 2.50. The molecule has 0 radical (unpaired) electrons. The highest BCUT2D eigenvalue weighted by molar-refractivity contribution is 6.01. The molecule has 0 saturated heterocycles. The van der Waals surface area contributed by atoms with E-state index in [1.807, 2.05) is 60.7 Å². The molecule has 0 spiro atoms. The number of hydrogen-bond donors (Lipinski definition) is 0. The summed E-state index contributed by atoms with van der Waals surface area (Å²) in [6.07, 6.45) is 1.29. The third-order valence-corrected chi connectivity index (χ3v) is 3.13. The molecule has 20 heavy (non-hydrogen) atoms. The smallest absolute Gasteiger partial charge is 0.158 e. The van der Waals surface area contributed by atoms with Crippen LogP contribution >= 0.6 is 0 Å². The van der Waals surface area contributed by atoms with Gasteiger partial charge >= 0.3 is 0 Å². The molecule has 0 unspecified atom stereocenters. The van der Waals surface area contributed by atoms with E-state index in [1.54, 1.807) is 0 Å². The van der Waals surface area contributed by atoms with Crippen LogP contribution in [0.1, 0.15) is 24.5 Å². The van der Waals surface area contributed by atoms with Crippen LogP contribution in [0.2, 0.25) is 0 Å². The minimum absolute atomic E-state index is 0.151. The van der Waals surface area contributed by atoms with Crippen LogP contribution in [-0.2, 0) is 11.2 Å². The predicted molar refractivity (Wildman–Crippen MR) is 83.3 cm³/mol. The van der Waals surface area contributed by atoms with Crippen molar-refractivity contribution in [1.82, 2.24) is 0 Å². The van der Waals surface area contributed by atoms with Gasteiger partial charge in [-0.05, 0) is 17.5 Å². The minimum atomic E-state index is 0.151. The number of carbonyl (C=O) groups is 1.